The average Bonchev–Trinajstić information content (AvgIpc) is 2.92. The summed E-state index contributed by atoms with van der Waals surface area (Å²) in [7, 11) is 0. The molecule has 21 heavy (non-hydrogen) atoms. The van der Waals surface area contributed by atoms with Crippen LogP contribution in [-0.4, -0.2) is 27.3 Å². The van der Waals surface area contributed by atoms with E-state index in [2.05, 4.69) is 20.5 Å². The number of aromatic amines is 1. The number of halogens is 1. The topological polar surface area (TPSA) is 70.7 Å². The molecule has 2 N–H and O–H groups in total. The Balaban J connectivity index is 1.62. The molecule has 2 heterocycles. The first kappa shape index (κ1) is 12.5. The summed E-state index contributed by atoms with van der Waals surface area (Å²) >= 11 is 1.38. The molecule has 1 aliphatic rings. The van der Waals surface area contributed by atoms with Crippen molar-refractivity contribution in [2.24, 2.45) is 5.92 Å². The molecule has 3 aromatic rings. The molecule has 2 aromatic heterocycles. The molecule has 0 bridgehead atoms. The number of amides is 1. The minimum absolute atomic E-state index is 0.282. The van der Waals surface area contributed by atoms with Gasteiger partial charge in [-0.2, -0.15) is 5.10 Å². The molecule has 1 aliphatic carbocycles. The number of H-pyrrole nitrogens is 1. The summed E-state index contributed by atoms with van der Waals surface area (Å²) in [6.45, 7) is 0. The Morgan fingerprint density at radius 3 is 3.00 bits per heavy atom. The summed E-state index contributed by atoms with van der Waals surface area (Å²) < 4.78 is 13.8. The van der Waals surface area contributed by atoms with E-state index in [1.54, 1.807) is 6.20 Å². The summed E-state index contributed by atoms with van der Waals surface area (Å²) in [5, 5.41) is 10.0. The van der Waals surface area contributed by atoms with Crippen LogP contribution in [0.1, 0.15) is 6.42 Å². The van der Waals surface area contributed by atoms with E-state index in [0.29, 0.717) is 11.6 Å². The van der Waals surface area contributed by atoms with Crippen LogP contribution in [0.5, 0.6) is 0 Å². The average molecular weight is 302 g/mol. The Bertz CT molecular complexity index is 814. The van der Waals surface area contributed by atoms with E-state index in [0.717, 1.165) is 21.5 Å². The Kier molecular flexibility index (Phi) is 2.75. The molecule has 106 valence electrons. The van der Waals surface area contributed by atoms with Crippen molar-refractivity contribution < 1.29 is 9.18 Å². The summed E-state index contributed by atoms with van der Waals surface area (Å²) in [6, 6.07) is 7.72. The van der Waals surface area contributed by atoms with E-state index in [9.17, 15) is 9.18 Å². The van der Waals surface area contributed by atoms with Gasteiger partial charge in [0, 0.05) is 11.8 Å². The van der Waals surface area contributed by atoms with Crippen LogP contribution in [-0.2, 0) is 4.79 Å². The van der Waals surface area contributed by atoms with Crippen molar-refractivity contribution in [3.05, 3.63) is 30.5 Å². The fourth-order valence-electron chi connectivity index (χ4n) is 2.20. The van der Waals surface area contributed by atoms with E-state index < -0.39 is 12.1 Å². The maximum absolute atomic E-state index is 12.9. The highest BCUT2D eigenvalue weighted by atomic mass is 32.1. The van der Waals surface area contributed by atoms with Crippen molar-refractivity contribution in [1.29, 1.82) is 0 Å². The van der Waals surface area contributed by atoms with Gasteiger partial charge in [-0.3, -0.25) is 9.89 Å². The summed E-state index contributed by atoms with van der Waals surface area (Å²) in [6.07, 6.45) is 1.02. The van der Waals surface area contributed by atoms with E-state index in [-0.39, 0.29) is 5.91 Å². The second kappa shape index (κ2) is 4.63. The third-order valence-electron chi connectivity index (χ3n) is 3.48. The van der Waals surface area contributed by atoms with Crippen LogP contribution in [0.4, 0.5) is 9.52 Å². The third-order valence-corrected chi connectivity index (χ3v) is 4.41. The largest absolute Gasteiger partial charge is 0.302 e. The van der Waals surface area contributed by atoms with Gasteiger partial charge >= 0.3 is 0 Å². The number of nitrogens with one attached hydrogen (secondary N) is 2. The molecular weight excluding hydrogens is 291 g/mol. The number of nitrogens with zero attached hydrogens (tertiary/aromatic N) is 2. The Hall–Kier alpha value is -2.28. The van der Waals surface area contributed by atoms with Crippen LogP contribution in [0, 0.1) is 5.92 Å². The lowest BCUT2D eigenvalue weighted by Crippen LogP contribution is -2.14. The van der Waals surface area contributed by atoms with Crippen LogP contribution in [0.2, 0.25) is 0 Å². The molecule has 1 saturated carbocycles. The van der Waals surface area contributed by atoms with Gasteiger partial charge < -0.3 is 5.32 Å². The first-order valence-electron chi connectivity index (χ1n) is 6.56. The zero-order valence-corrected chi connectivity index (χ0v) is 11.7. The minimum Gasteiger partial charge on any atom is -0.302 e. The van der Waals surface area contributed by atoms with Crippen molar-refractivity contribution >= 4 is 32.6 Å². The van der Waals surface area contributed by atoms with Gasteiger partial charge in [-0.15, -0.1) is 0 Å². The SMILES string of the molecule is O=C(Nc1nc2ccc(-c3ccn[nH]3)cc2s1)[C@@H]1C[C@@H]1F. The maximum Gasteiger partial charge on any atom is 0.232 e. The summed E-state index contributed by atoms with van der Waals surface area (Å²) in [5.41, 5.74) is 2.74. The number of carbonyl (C=O) groups is 1. The third kappa shape index (κ3) is 2.29. The number of rotatable bonds is 3. The number of fused-ring (bicyclic) bond motifs is 1. The number of aromatic nitrogens is 3. The van der Waals surface area contributed by atoms with Gasteiger partial charge in [-0.25, -0.2) is 9.37 Å². The molecule has 0 unspecified atom stereocenters. The van der Waals surface area contributed by atoms with Crippen LogP contribution in [0.25, 0.3) is 21.5 Å². The molecule has 0 radical (unpaired) electrons. The Labute approximate surface area is 123 Å². The van der Waals surface area contributed by atoms with Gasteiger partial charge in [0.1, 0.15) is 6.17 Å². The fourth-order valence-corrected chi connectivity index (χ4v) is 3.10. The monoisotopic (exact) mass is 302 g/mol. The Morgan fingerprint density at radius 1 is 1.43 bits per heavy atom. The second-order valence-corrected chi connectivity index (χ2v) is 6.05. The number of carbonyl (C=O) groups excluding carboxylic acids is 1. The van der Waals surface area contributed by atoms with E-state index >= 15 is 0 Å². The lowest BCUT2D eigenvalue weighted by atomic mass is 10.1. The molecule has 0 aliphatic heterocycles. The van der Waals surface area contributed by atoms with Crippen molar-refractivity contribution in [2.45, 2.75) is 12.6 Å². The number of hydrogen-bond donors (Lipinski definition) is 2. The van der Waals surface area contributed by atoms with Gasteiger partial charge in [0.15, 0.2) is 5.13 Å². The maximum atomic E-state index is 12.9. The smallest absolute Gasteiger partial charge is 0.232 e. The summed E-state index contributed by atoms with van der Waals surface area (Å²) in [5.74, 6) is -0.784. The molecule has 0 spiro atoms. The normalized spacial score (nSPS) is 20.6. The molecule has 1 aromatic carbocycles. The van der Waals surface area contributed by atoms with Gasteiger partial charge in [0.2, 0.25) is 5.91 Å². The van der Waals surface area contributed by atoms with E-state index in [1.807, 2.05) is 24.3 Å². The van der Waals surface area contributed by atoms with E-state index in [4.69, 9.17) is 0 Å². The molecule has 2 atom stereocenters. The fraction of sp³-hybridized carbons (Fsp3) is 0.214. The number of alkyl halides is 1. The van der Waals surface area contributed by atoms with Gasteiger partial charge in [-0.05, 0) is 24.6 Å². The number of hydrogen-bond acceptors (Lipinski definition) is 4. The molecule has 4 rings (SSSR count). The van der Waals surface area contributed by atoms with Crippen LogP contribution in [0.15, 0.2) is 30.5 Å². The highest BCUT2D eigenvalue weighted by Gasteiger charge is 2.43. The minimum atomic E-state index is -0.994. The van der Waals surface area contributed by atoms with E-state index in [1.165, 1.54) is 11.3 Å². The van der Waals surface area contributed by atoms with Crippen molar-refractivity contribution in [2.75, 3.05) is 5.32 Å². The quantitative estimate of drug-likeness (QED) is 0.781. The molecule has 5 nitrogen and oxygen atoms in total. The van der Waals surface area contributed by atoms with Crippen LogP contribution in [0.3, 0.4) is 0 Å². The lowest BCUT2D eigenvalue weighted by Gasteiger charge is -1.97. The molecule has 1 amide bonds. The van der Waals surface area contributed by atoms with Crippen molar-refractivity contribution in [1.82, 2.24) is 15.2 Å². The standard InChI is InChI=1S/C14H11FN4OS/c15-9-6-8(9)13(20)18-14-17-11-2-1-7(5-12(11)21-14)10-3-4-16-19-10/h1-5,8-9H,6H2,(H,16,19)(H,17,18,20)/t8-,9+/m1/s1. The molecule has 7 heteroatoms. The number of thiazole rings is 1. The van der Waals surface area contributed by atoms with Gasteiger partial charge in [0.25, 0.3) is 0 Å². The zero-order chi connectivity index (χ0) is 14.4. The van der Waals surface area contributed by atoms with Crippen LogP contribution < -0.4 is 5.32 Å². The Morgan fingerprint density at radius 2 is 2.29 bits per heavy atom. The second-order valence-electron chi connectivity index (χ2n) is 5.02. The highest BCUT2D eigenvalue weighted by molar-refractivity contribution is 7.22. The first-order chi connectivity index (χ1) is 10.2. The molecule has 1 fully saturated rings. The predicted octanol–water partition coefficient (Wildman–Crippen LogP) is 2.98. The molecular formula is C14H11FN4OS. The first-order valence-corrected chi connectivity index (χ1v) is 7.37. The lowest BCUT2D eigenvalue weighted by molar-refractivity contribution is -0.117. The van der Waals surface area contributed by atoms with Gasteiger partial charge in [-0.1, -0.05) is 17.4 Å². The van der Waals surface area contributed by atoms with Crippen molar-refractivity contribution in [3.63, 3.8) is 0 Å². The number of benzene rings is 1. The van der Waals surface area contributed by atoms with Crippen LogP contribution >= 0.6 is 11.3 Å². The predicted molar refractivity (Wildman–Crippen MR) is 78.8 cm³/mol. The zero-order valence-electron chi connectivity index (χ0n) is 10.8. The summed E-state index contributed by atoms with van der Waals surface area (Å²) in [4.78, 5) is 16.1. The molecule has 0 saturated heterocycles. The number of anilines is 1. The van der Waals surface area contributed by atoms with Gasteiger partial charge in [0.05, 0.1) is 21.8 Å². The van der Waals surface area contributed by atoms with Crippen molar-refractivity contribution in [3.8, 4) is 11.3 Å². The highest BCUT2D eigenvalue weighted by Crippen LogP contribution is 2.36.